The number of rotatable bonds is 0. The summed E-state index contributed by atoms with van der Waals surface area (Å²) in [6, 6.07) is 3.98. The van der Waals surface area contributed by atoms with E-state index in [0.717, 1.165) is 11.4 Å². The Balaban J connectivity index is 0.000000500. The summed E-state index contributed by atoms with van der Waals surface area (Å²) in [4.78, 5) is 0. The highest BCUT2D eigenvalue weighted by Gasteiger charge is 2.15. The van der Waals surface area contributed by atoms with Gasteiger partial charge in [-0.1, -0.05) is 29.3 Å². The minimum absolute atomic E-state index is 0. The molecule has 0 N–H and O–H groups in total. The summed E-state index contributed by atoms with van der Waals surface area (Å²) in [5, 5.41) is 1.42. The fraction of sp³-hybridized carbons (Fsp3) is 0.143. The lowest BCUT2D eigenvalue weighted by Crippen LogP contribution is -2.01. The van der Waals surface area contributed by atoms with Crippen molar-refractivity contribution in [3.05, 3.63) is 33.3 Å². The van der Waals surface area contributed by atoms with Crippen LogP contribution >= 0.6 is 35.6 Å². The van der Waals surface area contributed by atoms with Crippen LogP contribution < -0.4 is 0 Å². The zero-order valence-corrected chi connectivity index (χ0v) is 7.35. The number of halogens is 3. The predicted octanol–water partition coefficient (Wildman–Crippen LogP) is 3.32. The molecule has 0 atom stereocenters. The van der Waals surface area contributed by atoms with Crippen molar-refractivity contribution < 1.29 is 0 Å². The van der Waals surface area contributed by atoms with E-state index in [1.165, 1.54) is 11.1 Å². The standard InChI is InChI=1S/C7H4Cl2.ClH/c8-6-3-4-1-5(2-4)7(6)9;/h1,3H,2H2;1H. The molecule has 0 saturated heterocycles. The van der Waals surface area contributed by atoms with E-state index >= 15 is 0 Å². The highest BCUT2D eigenvalue weighted by molar-refractivity contribution is 6.42. The van der Waals surface area contributed by atoms with Crippen molar-refractivity contribution in [2.45, 2.75) is 6.42 Å². The zero-order chi connectivity index (χ0) is 6.43. The molecule has 54 valence electrons. The molecule has 0 saturated carbocycles. The Hall–Kier alpha value is 0.0900. The Morgan fingerprint density at radius 3 is 2.10 bits per heavy atom. The van der Waals surface area contributed by atoms with E-state index < -0.39 is 0 Å². The second kappa shape index (κ2) is 2.61. The highest BCUT2D eigenvalue weighted by Crippen LogP contribution is 2.35. The maximum atomic E-state index is 5.79. The summed E-state index contributed by atoms with van der Waals surface area (Å²) in [7, 11) is 0. The summed E-state index contributed by atoms with van der Waals surface area (Å²) in [6.07, 6.45) is 1.01. The quantitative estimate of drug-likeness (QED) is 0.605. The van der Waals surface area contributed by atoms with E-state index in [-0.39, 0.29) is 12.4 Å². The predicted molar refractivity (Wildman–Crippen MR) is 46.5 cm³/mol. The molecule has 2 aliphatic carbocycles. The minimum Gasteiger partial charge on any atom is -0.147 e. The van der Waals surface area contributed by atoms with Crippen LogP contribution in [0.4, 0.5) is 0 Å². The third-order valence-electron chi connectivity index (χ3n) is 1.56. The van der Waals surface area contributed by atoms with Gasteiger partial charge in [0.15, 0.2) is 0 Å². The highest BCUT2D eigenvalue weighted by atomic mass is 35.5. The van der Waals surface area contributed by atoms with Gasteiger partial charge in [0.1, 0.15) is 0 Å². The zero-order valence-electron chi connectivity index (χ0n) is 5.03. The lowest BCUT2D eigenvalue weighted by atomic mass is 9.93. The molecule has 10 heavy (non-hydrogen) atoms. The van der Waals surface area contributed by atoms with E-state index in [0.29, 0.717) is 5.02 Å². The molecule has 0 radical (unpaired) electrons. The second-order valence-electron chi connectivity index (χ2n) is 2.23. The fourth-order valence-electron chi connectivity index (χ4n) is 1.03. The van der Waals surface area contributed by atoms with Crippen LogP contribution in [-0.2, 0) is 6.42 Å². The van der Waals surface area contributed by atoms with Crippen LogP contribution in [0.3, 0.4) is 0 Å². The fourth-order valence-corrected chi connectivity index (χ4v) is 1.47. The number of hydrogen-bond donors (Lipinski definition) is 0. The average Bonchev–Trinajstić information content (AvgIpc) is 1.72. The summed E-state index contributed by atoms with van der Waals surface area (Å²) < 4.78 is 0. The van der Waals surface area contributed by atoms with Crippen molar-refractivity contribution in [2.75, 3.05) is 0 Å². The van der Waals surface area contributed by atoms with Crippen LogP contribution in [0.15, 0.2) is 12.1 Å². The van der Waals surface area contributed by atoms with Crippen LogP contribution in [-0.4, -0.2) is 0 Å². The molecule has 0 amide bonds. The Labute approximate surface area is 75.6 Å². The van der Waals surface area contributed by atoms with E-state index in [9.17, 15) is 0 Å². The van der Waals surface area contributed by atoms with Gasteiger partial charge in [0.25, 0.3) is 0 Å². The first kappa shape index (κ1) is 8.19. The molecule has 1 aromatic rings. The SMILES string of the molecule is Cl.Clc1cc2cc(c1Cl)C2. The van der Waals surface area contributed by atoms with Gasteiger partial charge in [0.2, 0.25) is 0 Å². The Kier molecular flexibility index (Phi) is 2.14. The largest absolute Gasteiger partial charge is 0.147 e. The molecule has 1 aromatic carbocycles. The van der Waals surface area contributed by atoms with E-state index in [1.807, 2.05) is 6.07 Å². The number of fused-ring (bicyclic) bond motifs is 2. The smallest absolute Gasteiger partial charge is 0.0627 e. The van der Waals surface area contributed by atoms with Gasteiger partial charge in [-0.2, -0.15) is 0 Å². The molecule has 0 heterocycles. The van der Waals surface area contributed by atoms with Gasteiger partial charge in [-0.3, -0.25) is 0 Å². The second-order valence-corrected chi connectivity index (χ2v) is 3.01. The van der Waals surface area contributed by atoms with Gasteiger partial charge in [0, 0.05) is 0 Å². The van der Waals surface area contributed by atoms with Crippen LogP contribution in [0.25, 0.3) is 0 Å². The van der Waals surface area contributed by atoms with Crippen molar-refractivity contribution >= 4 is 35.6 Å². The van der Waals surface area contributed by atoms with Crippen LogP contribution in [0, 0.1) is 0 Å². The lowest BCUT2D eigenvalue weighted by Gasteiger charge is -2.16. The van der Waals surface area contributed by atoms with Crippen LogP contribution in [0.5, 0.6) is 0 Å². The number of benzene rings is 1. The summed E-state index contributed by atoms with van der Waals surface area (Å²) in [5.41, 5.74) is 2.47. The van der Waals surface area contributed by atoms with Gasteiger partial charge in [-0.05, 0) is 23.6 Å². The summed E-state index contributed by atoms with van der Waals surface area (Å²) in [5.74, 6) is 0. The van der Waals surface area contributed by atoms with Crippen molar-refractivity contribution in [2.24, 2.45) is 0 Å². The summed E-state index contributed by atoms with van der Waals surface area (Å²) >= 11 is 11.5. The molecule has 0 fully saturated rings. The molecule has 3 heteroatoms. The first-order valence-electron chi connectivity index (χ1n) is 2.74. The molecule has 2 aliphatic rings. The van der Waals surface area contributed by atoms with Gasteiger partial charge >= 0.3 is 0 Å². The first-order valence-corrected chi connectivity index (χ1v) is 3.50. The molecule has 0 nitrogen and oxygen atoms in total. The van der Waals surface area contributed by atoms with Crippen molar-refractivity contribution in [3.8, 4) is 0 Å². The Morgan fingerprint density at radius 2 is 1.80 bits per heavy atom. The van der Waals surface area contributed by atoms with Gasteiger partial charge < -0.3 is 0 Å². The average molecular weight is 195 g/mol. The third kappa shape index (κ3) is 1.01. The molecular formula is C7H5Cl3. The van der Waals surface area contributed by atoms with Crippen molar-refractivity contribution in [3.63, 3.8) is 0 Å². The van der Waals surface area contributed by atoms with E-state index in [1.54, 1.807) is 0 Å². The van der Waals surface area contributed by atoms with Crippen molar-refractivity contribution in [1.82, 2.24) is 0 Å². The maximum absolute atomic E-state index is 5.79. The first-order chi connectivity index (χ1) is 4.27. The van der Waals surface area contributed by atoms with Crippen LogP contribution in [0.2, 0.25) is 10.0 Å². The minimum atomic E-state index is 0. The van der Waals surface area contributed by atoms with E-state index in [2.05, 4.69) is 6.07 Å². The molecular weight excluding hydrogens is 190 g/mol. The van der Waals surface area contributed by atoms with Crippen LogP contribution in [0.1, 0.15) is 11.1 Å². The molecule has 0 unspecified atom stereocenters. The molecule has 3 rings (SSSR count). The Morgan fingerprint density at radius 1 is 1.20 bits per heavy atom. The van der Waals surface area contributed by atoms with Gasteiger partial charge in [-0.15, -0.1) is 12.4 Å². The summed E-state index contributed by atoms with van der Waals surface area (Å²) in [6.45, 7) is 0. The maximum Gasteiger partial charge on any atom is 0.0627 e. The molecule has 0 spiro atoms. The topological polar surface area (TPSA) is 0 Å². The number of hydrogen-bond acceptors (Lipinski definition) is 0. The third-order valence-corrected chi connectivity index (χ3v) is 2.40. The molecule has 2 bridgehead atoms. The normalized spacial score (nSPS) is 11.8. The van der Waals surface area contributed by atoms with Crippen molar-refractivity contribution in [1.29, 1.82) is 0 Å². The Bertz CT molecular complexity index is 264. The molecule has 0 aromatic heterocycles. The monoisotopic (exact) mass is 194 g/mol. The van der Waals surface area contributed by atoms with Gasteiger partial charge in [-0.25, -0.2) is 0 Å². The van der Waals surface area contributed by atoms with Gasteiger partial charge in [0.05, 0.1) is 10.0 Å². The molecule has 0 aliphatic heterocycles. The lowest BCUT2D eigenvalue weighted by molar-refractivity contribution is 1.09. The van der Waals surface area contributed by atoms with E-state index in [4.69, 9.17) is 23.2 Å².